The van der Waals surface area contributed by atoms with Gasteiger partial charge in [-0.3, -0.25) is 9.36 Å². The van der Waals surface area contributed by atoms with Crippen LogP contribution >= 0.6 is 11.8 Å². The second-order valence-corrected chi connectivity index (χ2v) is 7.65. The number of hydrogen-bond donors (Lipinski definition) is 1. The molecule has 1 amide bonds. The van der Waals surface area contributed by atoms with Gasteiger partial charge in [0.2, 0.25) is 5.91 Å². The molecule has 0 aliphatic rings. The van der Waals surface area contributed by atoms with E-state index in [1.54, 1.807) is 37.3 Å². The number of nitrogens with one attached hydrogen (secondary N) is 1. The molecule has 7 nitrogen and oxygen atoms in total. The summed E-state index contributed by atoms with van der Waals surface area (Å²) in [5.74, 6) is 0.338. The number of rotatable bonds is 9. The van der Waals surface area contributed by atoms with Crippen LogP contribution in [0.1, 0.15) is 22.8 Å². The van der Waals surface area contributed by atoms with Crippen LogP contribution in [0.15, 0.2) is 66.3 Å². The average molecular weight is 437 g/mol. The molecule has 2 aromatic carbocycles. The van der Waals surface area contributed by atoms with Crippen LogP contribution in [0.2, 0.25) is 0 Å². The molecule has 1 aromatic heterocycles. The lowest BCUT2D eigenvalue weighted by Gasteiger charge is -2.09. The van der Waals surface area contributed by atoms with Gasteiger partial charge in [0.25, 0.3) is 0 Å². The molecule has 31 heavy (non-hydrogen) atoms. The minimum absolute atomic E-state index is 0.169. The molecule has 0 saturated carbocycles. The largest absolute Gasteiger partial charge is 0.462 e. The van der Waals surface area contributed by atoms with Crippen LogP contribution in [-0.4, -0.2) is 39.0 Å². The number of aromatic nitrogens is 3. The first-order valence-corrected chi connectivity index (χ1v) is 10.8. The summed E-state index contributed by atoms with van der Waals surface area (Å²) < 4.78 is 6.89. The molecule has 0 saturated heterocycles. The van der Waals surface area contributed by atoms with Crippen molar-refractivity contribution in [2.75, 3.05) is 17.7 Å². The fraction of sp³-hybridized carbons (Fsp3) is 0.217. The molecule has 0 radical (unpaired) electrons. The zero-order chi connectivity index (χ0) is 22.2. The summed E-state index contributed by atoms with van der Waals surface area (Å²) in [6, 6.07) is 14.6. The summed E-state index contributed by atoms with van der Waals surface area (Å²) in [6.45, 7) is 8.45. The van der Waals surface area contributed by atoms with Crippen molar-refractivity contribution in [3.05, 3.63) is 72.3 Å². The first-order valence-electron chi connectivity index (χ1n) is 9.82. The molecule has 0 atom stereocenters. The van der Waals surface area contributed by atoms with Gasteiger partial charge in [-0.25, -0.2) is 4.79 Å². The molecule has 1 N–H and O–H groups in total. The highest BCUT2D eigenvalue weighted by molar-refractivity contribution is 7.99. The van der Waals surface area contributed by atoms with Crippen molar-refractivity contribution in [2.24, 2.45) is 0 Å². The summed E-state index contributed by atoms with van der Waals surface area (Å²) in [5, 5.41) is 12.0. The number of carbonyl (C=O) groups is 2. The molecular weight excluding hydrogens is 412 g/mol. The normalized spacial score (nSPS) is 10.5. The number of thioether (sulfide) groups is 1. The van der Waals surface area contributed by atoms with Crippen molar-refractivity contribution in [3.8, 4) is 11.4 Å². The Labute approximate surface area is 185 Å². The number of hydrogen-bond acceptors (Lipinski definition) is 6. The van der Waals surface area contributed by atoms with Crippen molar-refractivity contribution in [3.63, 3.8) is 0 Å². The number of allylic oxidation sites excluding steroid dienone is 1. The molecular formula is C23H24N4O3S. The predicted octanol–water partition coefficient (Wildman–Crippen LogP) is 4.35. The summed E-state index contributed by atoms with van der Waals surface area (Å²) in [6.07, 6.45) is 1.78. The van der Waals surface area contributed by atoms with Crippen LogP contribution in [0.3, 0.4) is 0 Å². The van der Waals surface area contributed by atoms with Crippen molar-refractivity contribution >= 4 is 29.3 Å². The quantitative estimate of drug-likeness (QED) is 0.305. The van der Waals surface area contributed by atoms with E-state index in [0.29, 0.717) is 29.6 Å². The topological polar surface area (TPSA) is 86.1 Å². The first kappa shape index (κ1) is 22.3. The number of ether oxygens (including phenoxy) is 1. The molecule has 8 heteroatoms. The molecule has 3 rings (SSSR count). The summed E-state index contributed by atoms with van der Waals surface area (Å²) in [4.78, 5) is 24.1. The van der Waals surface area contributed by atoms with Crippen LogP contribution in [0.4, 0.5) is 5.69 Å². The van der Waals surface area contributed by atoms with E-state index in [2.05, 4.69) is 22.1 Å². The molecule has 0 fully saturated rings. The average Bonchev–Trinajstić information content (AvgIpc) is 3.16. The van der Waals surface area contributed by atoms with Gasteiger partial charge in [-0.15, -0.1) is 16.8 Å². The fourth-order valence-electron chi connectivity index (χ4n) is 2.92. The van der Waals surface area contributed by atoms with Gasteiger partial charge in [-0.1, -0.05) is 41.6 Å². The second kappa shape index (κ2) is 10.6. The smallest absolute Gasteiger partial charge is 0.338 e. The Morgan fingerprint density at radius 2 is 1.97 bits per heavy atom. The van der Waals surface area contributed by atoms with Crippen molar-refractivity contribution in [1.82, 2.24) is 14.8 Å². The SMILES string of the molecule is C=CCn1c(SCC(=O)Nc2ccc(C(=O)OCC)cc2)nnc1-c1cccc(C)c1. The van der Waals surface area contributed by atoms with E-state index in [-0.39, 0.29) is 17.6 Å². The summed E-state index contributed by atoms with van der Waals surface area (Å²) in [7, 11) is 0. The van der Waals surface area contributed by atoms with E-state index in [4.69, 9.17) is 4.74 Å². The summed E-state index contributed by atoms with van der Waals surface area (Å²) in [5.41, 5.74) is 3.14. The standard InChI is InChI=1S/C23H24N4O3S/c1-4-13-27-21(18-8-6-7-16(3)14-18)25-26-23(27)31-15-20(28)24-19-11-9-17(10-12-19)22(29)30-5-2/h4,6-12,14H,1,5,13,15H2,2-3H3,(H,24,28). The van der Waals surface area contributed by atoms with Crippen LogP contribution in [-0.2, 0) is 16.1 Å². The monoisotopic (exact) mass is 436 g/mol. The molecule has 0 aliphatic heterocycles. The van der Waals surface area contributed by atoms with E-state index in [1.165, 1.54) is 11.8 Å². The second-order valence-electron chi connectivity index (χ2n) is 6.71. The van der Waals surface area contributed by atoms with Gasteiger partial charge in [0.15, 0.2) is 11.0 Å². The molecule has 3 aromatic rings. The molecule has 1 heterocycles. The van der Waals surface area contributed by atoms with Gasteiger partial charge >= 0.3 is 5.97 Å². The Morgan fingerprint density at radius 1 is 1.19 bits per heavy atom. The first-order chi connectivity index (χ1) is 15.0. The van der Waals surface area contributed by atoms with Gasteiger partial charge < -0.3 is 10.1 Å². The van der Waals surface area contributed by atoms with Crippen molar-refractivity contribution in [2.45, 2.75) is 25.5 Å². The molecule has 0 aliphatic carbocycles. The highest BCUT2D eigenvalue weighted by atomic mass is 32.2. The number of anilines is 1. The van der Waals surface area contributed by atoms with Gasteiger partial charge in [0.1, 0.15) is 0 Å². The van der Waals surface area contributed by atoms with Crippen molar-refractivity contribution in [1.29, 1.82) is 0 Å². The molecule has 160 valence electrons. The molecule has 0 bridgehead atoms. The number of amides is 1. The Kier molecular flexibility index (Phi) is 7.61. The minimum atomic E-state index is -0.387. The fourth-order valence-corrected chi connectivity index (χ4v) is 3.67. The lowest BCUT2D eigenvalue weighted by Crippen LogP contribution is -2.15. The van der Waals surface area contributed by atoms with Gasteiger partial charge in [0, 0.05) is 17.8 Å². The van der Waals surface area contributed by atoms with E-state index in [9.17, 15) is 9.59 Å². The number of benzene rings is 2. The zero-order valence-electron chi connectivity index (χ0n) is 17.5. The maximum Gasteiger partial charge on any atom is 0.338 e. The highest BCUT2D eigenvalue weighted by Crippen LogP contribution is 2.25. The Morgan fingerprint density at radius 3 is 2.65 bits per heavy atom. The maximum absolute atomic E-state index is 12.4. The van der Waals surface area contributed by atoms with Crippen LogP contribution in [0, 0.1) is 6.92 Å². The maximum atomic E-state index is 12.4. The van der Waals surface area contributed by atoms with E-state index < -0.39 is 0 Å². The van der Waals surface area contributed by atoms with Gasteiger partial charge in [-0.05, 0) is 44.2 Å². The molecule has 0 spiro atoms. The Bertz CT molecular complexity index is 1080. The predicted molar refractivity (Wildman–Crippen MR) is 122 cm³/mol. The van der Waals surface area contributed by atoms with E-state index >= 15 is 0 Å². The van der Waals surface area contributed by atoms with E-state index in [0.717, 1.165) is 17.0 Å². The van der Waals surface area contributed by atoms with Crippen LogP contribution < -0.4 is 5.32 Å². The summed E-state index contributed by atoms with van der Waals surface area (Å²) >= 11 is 1.30. The number of nitrogens with zero attached hydrogens (tertiary/aromatic N) is 3. The lowest BCUT2D eigenvalue weighted by atomic mass is 10.1. The Balaban J connectivity index is 1.65. The van der Waals surface area contributed by atoms with Gasteiger partial charge in [0.05, 0.1) is 17.9 Å². The van der Waals surface area contributed by atoms with Crippen molar-refractivity contribution < 1.29 is 14.3 Å². The third kappa shape index (κ3) is 5.82. The van der Waals surface area contributed by atoms with Gasteiger partial charge in [-0.2, -0.15) is 0 Å². The lowest BCUT2D eigenvalue weighted by molar-refractivity contribution is -0.113. The number of aryl methyl sites for hydroxylation is 1. The van der Waals surface area contributed by atoms with Crippen LogP contribution in [0.5, 0.6) is 0 Å². The van der Waals surface area contributed by atoms with E-state index in [1.807, 2.05) is 35.8 Å². The number of carbonyl (C=O) groups excluding carboxylic acids is 2. The highest BCUT2D eigenvalue weighted by Gasteiger charge is 2.15. The van der Waals surface area contributed by atoms with Crippen LogP contribution in [0.25, 0.3) is 11.4 Å². The molecule has 0 unspecified atom stereocenters. The number of esters is 1. The Hall–Kier alpha value is -3.39. The zero-order valence-corrected chi connectivity index (χ0v) is 18.3. The third-order valence-electron chi connectivity index (χ3n) is 4.32. The third-order valence-corrected chi connectivity index (χ3v) is 5.28. The minimum Gasteiger partial charge on any atom is -0.462 e.